The van der Waals surface area contributed by atoms with Crippen LogP contribution in [0.25, 0.3) is 10.6 Å². The number of hydrogen-bond donors (Lipinski definition) is 1. The third kappa shape index (κ3) is 4.34. The van der Waals surface area contributed by atoms with Crippen molar-refractivity contribution in [2.45, 2.75) is 19.8 Å². The number of ether oxygens (including phenoxy) is 1. The largest absolute Gasteiger partial charge is 0.450 e. The van der Waals surface area contributed by atoms with Crippen molar-refractivity contribution in [2.75, 3.05) is 38.5 Å². The molecule has 1 fully saturated rings. The van der Waals surface area contributed by atoms with Crippen molar-refractivity contribution in [3.63, 3.8) is 0 Å². The summed E-state index contributed by atoms with van der Waals surface area (Å²) < 4.78 is 5.00. The van der Waals surface area contributed by atoms with Crippen molar-refractivity contribution in [1.82, 2.24) is 14.8 Å². The second kappa shape index (κ2) is 8.50. The zero-order chi connectivity index (χ0) is 18.5. The van der Waals surface area contributed by atoms with Crippen LogP contribution in [0.3, 0.4) is 0 Å². The summed E-state index contributed by atoms with van der Waals surface area (Å²) in [6.07, 6.45) is 0.735. The fraction of sp³-hybridized carbons (Fsp3) is 0.471. The predicted octanol–water partition coefficient (Wildman–Crippen LogP) is 2.69. The van der Waals surface area contributed by atoms with E-state index in [4.69, 9.17) is 10.5 Å². The molecule has 3 heterocycles. The van der Waals surface area contributed by atoms with Gasteiger partial charge in [-0.2, -0.15) is 0 Å². The first-order valence-corrected chi connectivity index (χ1v) is 10.3. The molecule has 1 saturated heterocycles. The molecule has 0 spiro atoms. The maximum atomic E-state index is 12.5. The number of thiophene rings is 1. The van der Waals surface area contributed by atoms with E-state index in [1.165, 1.54) is 11.3 Å². The van der Waals surface area contributed by atoms with E-state index in [9.17, 15) is 9.59 Å². The van der Waals surface area contributed by atoms with Crippen molar-refractivity contribution in [3.05, 3.63) is 22.4 Å². The van der Waals surface area contributed by atoms with Gasteiger partial charge in [-0.25, -0.2) is 9.78 Å². The van der Waals surface area contributed by atoms with Crippen LogP contribution in [0.1, 0.15) is 18.2 Å². The third-order valence-electron chi connectivity index (χ3n) is 4.19. The lowest BCUT2D eigenvalue weighted by atomic mass is 10.2. The Labute approximate surface area is 160 Å². The monoisotopic (exact) mass is 394 g/mol. The Morgan fingerprint density at radius 2 is 2.00 bits per heavy atom. The van der Waals surface area contributed by atoms with Crippen molar-refractivity contribution >= 4 is 39.8 Å². The molecule has 0 aromatic carbocycles. The SMILES string of the molecule is CCOC(=O)N1CCN(C(=O)CCc2sc(N)nc2-c2cccs2)CC1. The number of hydrogen-bond acceptors (Lipinski definition) is 7. The Morgan fingerprint density at radius 3 is 2.65 bits per heavy atom. The van der Waals surface area contributed by atoms with Crippen LogP contribution in [0.15, 0.2) is 17.5 Å². The van der Waals surface area contributed by atoms with Gasteiger partial charge in [-0.3, -0.25) is 4.79 Å². The van der Waals surface area contributed by atoms with Gasteiger partial charge in [-0.05, 0) is 24.8 Å². The molecule has 3 rings (SSSR count). The van der Waals surface area contributed by atoms with E-state index < -0.39 is 0 Å². The summed E-state index contributed by atoms with van der Waals surface area (Å²) >= 11 is 3.06. The Morgan fingerprint density at radius 1 is 1.27 bits per heavy atom. The first kappa shape index (κ1) is 18.7. The molecular formula is C17H22N4O3S2. The summed E-state index contributed by atoms with van der Waals surface area (Å²) in [6.45, 7) is 4.26. The highest BCUT2D eigenvalue weighted by Crippen LogP contribution is 2.33. The molecule has 2 N–H and O–H groups in total. The lowest BCUT2D eigenvalue weighted by Crippen LogP contribution is -2.50. The number of carbonyl (C=O) groups excluding carboxylic acids is 2. The molecule has 1 aliphatic heterocycles. The molecule has 7 nitrogen and oxygen atoms in total. The van der Waals surface area contributed by atoms with Crippen molar-refractivity contribution in [3.8, 4) is 10.6 Å². The lowest BCUT2D eigenvalue weighted by Gasteiger charge is -2.34. The van der Waals surface area contributed by atoms with Crippen LogP contribution >= 0.6 is 22.7 Å². The van der Waals surface area contributed by atoms with Crippen molar-refractivity contribution < 1.29 is 14.3 Å². The molecule has 26 heavy (non-hydrogen) atoms. The quantitative estimate of drug-likeness (QED) is 0.842. The minimum Gasteiger partial charge on any atom is -0.450 e. The van der Waals surface area contributed by atoms with Gasteiger partial charge in [0.2, 0.25) is 5.91 Å². The van der Waals surface area contributed by atoms with Crippen LogP contribution in [-0.4, -0.2) is 59.6 Å². The Balaban J connectivity index is 1.53. The number of thiazole rings is 1. The molecule has 0 unspecified atom stereocenters. The molecule has 0 saturated carbocycles. The molecule has 2 aromatic rings. The topological polar surface area (TPSA) is 88.8 Å². The van der Waals surface area contributed by atoms with Gasteiger partial charge >= 0.3 is 6.09 Å². The number of nitrogen functional groups attached to an aromatic ring is 1. The average Bonchev–Trinajstić information content (AvgIpc) is 3.29. The first-order chi connectivity index (χ1) is 12.6. The smallest absolute Gasteiger partial charge is 0.409 e. The molecule has 0 atom stereocenters. The summed E-state index contributed by atoms with van der Waals surface area (Å²) in [4.78, 5) is 34.2. The molecule has 2 amide bonds. The summed E-state index contributed by atoms with van der Waals surface area (Å²) in [7, 11) is 0. The van der Waals surface area contributed by atoms with Gasteiger partial charge in [0.05, 0.1) is 17.2 Å². The average molecular weight is 395 g/mol. The van der Waals surface area contributed by atoms with Gasteiger partial charge in [0.25, 0.3) is 0 Å². The number of carbonyl (C=O) groups is 2. The van der Waals surface area contributed by atoms with E-state index in [2.05, 4.69) is 4.98 Å². The molecule has 140 valence electrons. The molecule has 1 aliphatic rings. The Kier molecular flexibility index (Phi) is 6.10. The van der Waals surface area contributed by atoms with Gasteiger partial charge in [0.1, 0.15) is 0 Å². The number of anilines is 1. The van der Waals surface area contributed by atoms with E-state index >= 15 is 0 Å². The summed E-state index contributed by atoms with van der Waals surface area (Å²) in [5.74, 6) is 0.0950. The van der Waals surface area contributed by atoms with Crippen LogP contribution < -0.4 is 5.73 Å². The van der Waals surface area contributed by atoms with Gasteiger partial charge in [-0.1, -0.05) is 6.07 Å². The summed E-state index contributed by atoms with van der Waals surface area (Å²) in [5, 5.41) is 2.53. The summed E-state index contributed by atoms with van der Waals surface area (Å²) in [6, 6.07) is 3.99. The number of rotatable bonds is 5. The van der Waals surface area contributed by atoms with Crippen LogP contribution in [0.2, 0.25) is 0 Å². The number of amides is 2. The highest BCUT2D eigenvalue weighted by atomic mass is 32.1. The number of piperazine rings is 1. The van der Waals surface area contributed by atoms with Gasteiger partial charge in [0, 0.05) is 37.5 Å². The maximum absolute atomic E-state index is 12.5. The van der Waals surface area contributed by atoms with Crippen molar-refractivity contribution in [1.29, 1.82) is 0 Å². The van der Waals surface area contributed by atoms with E-state index in [0.717, 1.165) is 15.4 Å². The van der Waals surface area contributed by atoms with Gasteiger partial charge in [0.15, 0.2) is 5.13 Å². The van der Waals surface area contributed by atoms with E-state index in [-0.39, 0.29) is 12.0 Å². The Bertz CT molecular complexity index is 752. The van der Waals surface area contributed by atoms with Crippen LogP contribution in [-0.2, 0) is 16.0 Å². The molecular weight excluding hydrogens is 372 g/mol. The van der Waals surface area contributed by atoms with Gasteiger partial charge < -0.3 is 20.3 Å². The third-order valence-corrected chi connectivity index (χ3v) is 6.01. The number of aromatic nitrogens is 1. The maximum Gasteiger partial charge on any atom is 0.409 e. The molecule has 0 aliphatic carbocycles. The number of nitrogens with zero attached hydrogens (tertiary/aromatic N) is 3. The summed E-state index contributed by atoms with van der Waals surface area (Å²) in [5.41, 5.74) is 6.76. The van der Waals surface area contributed by atoms with E-state index in [1.54, 1.807) is 23.2 Å². The lowest BCUT2D eigenvalue weighted by molar-refractivity contribution is -0.132. The van der Waals surface area contributed by atoms with E-state index in [1.807, 2.05) is 22.4 Å². The first-order valence-electron chi connectivity index (χ1n) is 8.57. The molecule has 9 heteroatoms. The van der Waals surface area contributed by atoms with Gasteiger partial charge in [-0.15, -0.1) is 22.7 Å². The number of nitrogens with two attached hydrogens (primary N) is 1. The standard InChI is InChI=1S/C17H22N4O3S2/c1-2-24-17(23)21-9-7-20(8-10-21)14(22)6-5-13-15(19-16(18)26-13)12-4-3-11-25-12/h3-4,11H,2,5-10H2,1H3,(H2,18,19). The Hall–Kier alpha value is -2.13. The normalized spacial score (nSPS) is 14.5. The van der Waals surface area contributed by atoms with Crippen LogP contribution in [0, 0.1) is 0 Å². The fourth-order valence-corrected chi connectivity index (χ4v) is 4.53. The zero-order valence-corrected chi connectivity index (χ0v) is 16.3. The highest BCUT2D eigenvalue weighted by molar-refractivity contribution is 7.17. The highest BCUT2D eigenvalue weighted by Gasteiger charge is 2.25. The van der Waals surface area contributed by atoms with Crippen molar-refractivity contribution in [2.24, 2.45) is 0 Å². The molecule has 2 aromatic heterocycles. The van der Waals surface area contributed by atoms with Crippen LogP contribution in [0.5, 0.6) is 0 Å². The fourth-order valence-electron chi connectivity index (χ4n) is 2.88. The van der Waals surface area contributed by atoms with E-state index in [0.29, 0.717) is 50.8 Å². The molecule has 0 radical (unpaired) electrons. The minimum atomic E-state index is -0.305. The van der Waals surface area contributed by atoms with Crippen LogP contribution in [0.4, 0.5) is 9.93 Å². The second-order valence-electron chi connectivity index (χ2n) is 5.87. The minimum absolute atomic E-state index is 0.0950. The molecule has 0 bridgehead atoms. The zero-order valence-electron chi connectivity index (χ0n) is 14.6. The number of aryl methyl sites for hydroxylation is 1. The second-order valence-corrected chi connectivity index (χ2v) is 7.93. The predicted molar refractivity (Wildman–Crippen MR) is 103 cm³/mol.